The maximum Gasteiger partial charge on any atom is 0.328 e. The Morgan fingerprint density at radius 3 is 2.50 bits per heavy atom. The highest BCUT2D eigenvalue weighted by molar-refractivity contribution is 5.96. The number of nitrogens with zero attached hydrogens (tertiary/aromatic N) is 3. The monoisotopic (exact) mass is 464 g/mol. The first-order valence-corrected chi connectivity index (χ1v) is 12.6. The highest BCUT2D eigenvalue weighted by Gasteiger charge is 2.51. The fourth-order valence-electron chi connectivity index (χ4n) is 7.79. The van der Waals surface area contributed by atoms with Crippen molar-refractivity contribution >= 4 is 29.2 Å². The van der Waals surface area contributed by atoms with Crippen molar-refractivity contribution in [3.8, 4) is 0 Å². The van der Waals surface area contributed by atoms with Crippen LogP contribution in [0.2, 0.25) is 0 Å². The van der Waals surface area contributed by atoms with E-state index in [-0.39, 0.29) is 22.9 Å². The Bertz CT molecular complexity index is 1120. The van der Waals surface area contributed by atoms with Crippen molar-refractivity contribution in [2.45, 2.75) is 63.8 Å². The van der Waals surface area contributed by atoms with Gasteiger partial charge in [0.1, 0.15) is 23.2 Å². The van der Waals surface area contributed by atoms with E-state index < -0.39 is 12.0 Å². The van der Waals surface area contributed by atoms with E-state index >= 15 is 0 Å². The molecule has 7 rings (SSSR count). The first-order chi connectivity index (χ1) is 16.4. The second-order valence-corrected chi connectivity index (χ2v) is 11.1. The summed E-state index contributed by atoms with van der Waals surface area (Å²) in [5, 5.41) is 3.10. The number of carbonyl (C=O) groups is 3. The molecule has 5 aliphatic rings. The van der Waals surface area contributed by atoms with Crippen LogP contribution >= 0.6 is 0 Å². The minimum atomic E-state index is -0.568. The second kappa shape index (κ2) is 8.10. The summed E-state index contributed by atoms with van der Waals surface area (Å²) in [6.07, 6.45) is 11.2. The molecular weight excluding hydrogens is 432 g/mol. The number of esters is 1. The normalized spacial score (nSPS) is 31.7. The SMILES string of the molecule is COC(=O)[C@@H]1CCCN1C(=O)c1cn2c(NC(=O)CC34CC5CC(CC(C5)C3)C4)cccc2n1. The van der Waals surface area contributed by atoms with Gasteiger partial charge in [-0.3, -0.25) is 14.0 Å². The molecule has 1 aliphatic heterocycles. The van der Waals surface area contributed by atoms with E-state index in [0.717, 1.165) is 24.2 Å². The van der Waals surface area contributed by atoms with Crippen LogP contribution in [0.1, 0.15) is 68.3 Å². The zero-order valence-electron chi connectivity index (χ0n) is 19.7. The summed E-state index contributed by atoms with van der Waals surface area (Å²) >= 11 is 0. The van der Waals surface area contributed by atoms with Gasteiger partial charge in [0.05, 0.1) is 7.11 Å². The van der Waals surface area contributed by atoms with E-state index in [0.29, 0.717) is 30.9 Å². The Morgan fingerprint density at radius 2 is 1.82 bits per heavy atom. The molecule has 5 fully saturated rings. The molecule has 4 bridgehead atoms. The molecule has 8 heteroatoms. The molecule has 1 saturated heterocycles. The number of carbonyl (C=O) groups excluding carboxylic acids is 3. The van der Waals surface area contributed by atoms with Crippen LogP contribution < -0.4 is 5.32 Å². The number of anilines is 1. The summed E-state index contributed by atoms with van der Waals surface area (Å²) in [5.74, 6) is 2.40. The van der Waals surface area contributed by atoms with Gasteiger partial charge >= 0.3 is 5.97 Å². The Hall–Kier alpha value is -2.90. The first kappa shape index (κ1) is 21.6. The lowest BCUT2D eigenvalue weighted by Crippen LogP contribution is -2.47. The van der Waals surface area contributed by atoms with Crippen molar-refractivity contribution in [1.29, 1.82) is 0 Å². The summed E-state index contributed by atoms with van der Waals surface area (Å²) < 4.78 is 6.62. The first-order valence-electron chi connectivity index (χ1n) is 12.6. The lowest BCUT2D eigenvalue weighted by molar-refractivity contribution is -0.145. The third kappa shape index (κ3) is 3.67. The number of amides is 2. The van der Waals surface area contributed by atoms with E-state index in [4.69, 9.17) is 4.74 Å². The van der Waals surface area contributed by atoms with Crippen LogP contribution in [0, 0.1) is 23.2 Å². The maximum absolute atomic E-state index is 13.2. The van der Waals surface area contributed by atoms with Gasteiger partial charge in [-0.15, -0.1) is 0 Å². The average Bonchev–Trinajstić information content (AvgIpc) is 3.45. The third-order valence-corrected chi connectivity index (χ3v) is 8.67. The molecule has 1 N–H and O–H groups in total. The molecule has 0 aromatic carbocycles. The summed E-state index contributed by atoms with van der Waals surface area (Å²) in [4.78, 5) is 44.4. The number of fused-ring (bicyclic) bond motifs is 1. The molecule has 2 aromatic heterocycles. The van der Waals surface area contributed by atoms with Crippen LogP contribution in [0.25, 0.3) is 5.65 Å². The van der Waals surface area contributed by atoms with Crippen molar-refractivity contribution < 1.29 is 19.1 Å². The predicted molar refractivity (Wildman–Crippen MR) is 125 cm³/mol. The number of rotatable bonds is 5. The molecule has 4 saturated carbocycles. The number of hydrogen-bond donors (Lipinski definition) is 1. The quantitative estimate of drug-likeness (QED) is 0.682. The number of pyridine rings is 1. The number of hydrogen-bond acceptors (Lipinski definition) is 5. The summed E-state index contributed by atoms with van der Waals surface area (Å²) in [6, 6.07) is 4.92. The van der Waals surface area contributed by atoms with Crippen molar-refractivity contribution in [2.24, 2.45) is 23.2 Å². The number of ether oxygens (including phenoxy) is 1. The molecule has 0 unspecified atom stereocenters. The van der Waals surface area contributed by atoms with Gasteiger partial charge in [-0.2, -0.15) is 0 Å². The van der Waals surface area contributed by atoms with Crippen LogP contribution in [0.3, 0.4) is 0 Å². The van der Waals surface area contributed by atoms with Gasteiger partial charge in [0.2, 0.25) is 5.91 Å². The molecule has 34 heavy (non-hydrogen) atoms. The molecule has 2 aromatic rings. The number of likely N-dealkylation sites (tertiary alicyclic amines) is 1. The smallest absolute Gasteiger partial charge is 0.328 e. The molecule has 2 amide bonds. The van der Waals surface area contributed by atoms with Crippen LogP contribution in [0.4, 0.5) is 5.82 Å². The molecule has 0 spiro atoms. The van der Waals surface area contributed by atoms with Crippen molar-refractivity contribution in [3.05, 3.63) is 30.1 Å². The van der Waals surface area contributed by atoms with E-state index in [2.05, 4.69) is 10.3 Å². The Morgan fingerprint density at radius 1 is 1.12 bits per heavy atom. The van der Waals surface area contributed by atoms with Gasteiger partial charge < -0.3 is 15.0 Å². The summed E-state index contributed by atoms with van der Waals surface area (Å²) in [7, 11) is 1.34. The summed E-state index contributed by atoms with van der Waals surface area (Å²) in [6.45, 7) is 0.501. The van der Waals surface area contributed by atoms with E-state index in [9.17, 15) is 14.4 Å². The Balaban J connectivity index is 1.20. The van der Waals surface area contributed by atoms with Crippen LogP contribution in [-0.4, -0.2) is 51.8 Å². The fourth-order valence-corrected chi connectivity index (χ4v) is 7.79. The van der Waals surface area contributed by atoms with Crippen molar-refractivity contribution in [2.75, 3.05) is 19.0 Å². The van der Waals surface area contributed by atoms with Gasteiger partial charge in [0.25, 0.3) is 5.91 Å². The average molecular weight is 465 g/mol. The van der Waals surface area contributed by atoms with Crippen molar-refractivity contribution in [3.63, 3.8) is 0 Å². The highest BCUT2D eigenvalue weighted by atomic mass is 16.5. The predicted octanol–water partition coefficient (Wildman–Crippen LogP) is 3.66. The van der Waals surface area contributed by atoms with Gasteiger partial charge in [-0.05, 0) is 86.7 Å². The fraction of sp³-hybridized carbons (Fsp3) is 0.615. The van der Waals surface area contributed by atoms with E-state index in [1.807, 2.05) is 18.2 Å². The number of methoxy groups -OCH3 is 1. The third-order valence-electron chi connectivity index (χ3n) is 8.67. The topological polar surface area (TPSA) is 93.0 Å². The van der Waals surface area contributed by atoms with Gasteiger partial charge in [-0.25, -0.2) is 9.78 Å². The molecular formula is C26H32N4O4. The minimum Gasteiger partial charge on any atom is -0.467 e. The zero-order chi connectivity index (χ0) is 23.4. The largest absolute Gasteiger partial charge is 0.467 e. The molecule has 1 atom stereocenters. The maximum atomic E-state index is 13.2. The van der Waals surface area contributed by atoms with Crippen LogP contribution in [0.5, 0.6) is 0 Å². The molecule has 0 radical (unpaired) electrons. The molecule has 4 aliphatic carbocycles. The minimum absolute atomic E-state index is 0.0429. The standard InChI is InChI=1S/C26H32N4O4/c1-34-25(33)20-4-3-7-29(20)24(32)19-15-30-21(27-19)5-2-6-22(30)28-23(31)14-26-11-16-8-17(12-26)10-18(9-16)13-26/h2,5-6,15-18,20H,3-4,7-14H2,1H3,(H,28,31)/t16?,17?,18?,20-,26?/m0/s1. The highest BCUT2D eigenvalue weighted by Crippen LogP contribution is 2.61. The molecule has 8 nitrogen and oxygen atoms in total. The van der Waals surface area contributed by atoms with Gasteiger partial charge in [-0.1, -0.05) is 6.07 Å². The van der Waals surface area contributed by atoms with Crippen LogP contribution in [0.15, 0.2) is 24.4 Å². The van der Waals surface area contributed by atoms with Gasteiger partial charge in [0.15, 0.2) is 0 Å². The van der Waals surface area contributed by atoms with Crippen LogP contribution in [-0.2, 0) is 14.3 Å². The summed E-state index contributed by atoms with van der Waals surface area (Å²) in [5.41, 5.74) is 1.02. The molecule has 180 valence electrons. The number of nitrogens with one attached hydrogen (secondary N) is 1. The van der Waals surface area contributed by atoms with Gasteiger partial charge in [0, 0.05) is 19.2 Å². The molecule has 3 heterocycles. The Kier molecular flexibility index (Phi) is 5.15. The van der Waals surface area contributed by atoms with Crippen molar-refractivity contribution in [1.82, 2.24) is 14.3 Å². The van der Waals surface area contributed by atoms with E-state index in [1.165, 1.54) is 45.6 Å². The lowest BCUT2D eigenvalue weighted by Gasteiger charge is -2.56. The van der Waals surface area contributed by atoms with E-state index in [1.54, 1.807) is 15.5 Å². The lowest BCUT2D eigenvalue weighted by atomic mass is 9.49. The number of imidazole rings is 1. The zero-order valence-corrected chi connectivity index (χ0v) is 19.7. The second-order valence-electron chi connectivity index (χ2n) is 11.1. The number of aromatic nitrogens is 2. The Labute approximate surface area is 199 Å².